The molecule has 0 aliphatic carbocycles. The van der Waals surface area contributed by atoms with Crippen molar-refractivity contribution in [1.29, 1.82) is 0 Å². The van der Waals surface area contributed by atoms with Crippen LogP contribution < -0.4 is 9.47 Å². The summed E-state index contributed by atoms with van der Waals surface area (Å²) in [5.41, 5.74) is 1.39. The highest BCUT2D eigenvalue weighted by molar-refractivity contribution is 6.35. The number of aliphatic hydroxyl groups is 1. The van der Waals surface area contributed by atoms with Crippen LogP contribution in [-0.2, 0) is 14.3 Å². The number of piperidine rings is 1. The number of methoxy groups -OCH3 is 3. The Bertz CT molecular complexity index is 822. The summed E-state index contributed by atoms with van der Waals surface area (Å²) in [5.74, 6) is 0.523. The zero-order chi connectivity index (χ0) is 21.7. The molecule has 2 aliphatic heterocycles. The van der Waals surface area contributed by atoms with Crippen molar-refractivity contribution in [2.75, 3.05) is 54.2 Å². The van der Waals surface area contributed by atoms with Gasteiger partial charge in [-0.3, -0.25) is 14.5 Å². The van der Waals surface area contributed by atoms with Crippen LogP contribution >= 0.6 is 0 Å². The third-order valence-corrected chi connectivity index (χ3v) is 5.64. The van der Waals surface area contributed by atoms with Crippen LogP contribution in [0.2, 0.25) is 0 Å². The number of hydrogen-bond acceptors (Lipinski definition) is 7. The molecule has 1 fully saturated rings. The predicted octanol–water partition coefficient (Wildman–Crippen LogP) is 1.52. The quantitative estimate of drug-likeness (QED) is 0.481. The van der Waals surface area contributed by atoms with Gasteiger partial charge >= 0.3 is 0 Å². The molecule has 2 aliphatic rings. The van der Waals surface area contributed by atoms with Gasteiger partial charge in [0.25, 0.3) is 11.8 Å². The largest absolute Gasteiger partial charge is 0.493 e. The Labute approximate surface area is 177 Å². The highest BCUT2D eigenvalue weighted by atomic mass is 16.5. The monoisotopic (exact) mass is 418 g/mol. The van der Waals surface area contributed by atoms with Crippen LogP contribution in [0.5, 0.6) is 11.5 Å². The molecule has 2 amide bonds. The van der Waals surface area contributed by atoms with E-state index in [1.165, 1.54) is 12.0 Å². The normalized spacial score (nSPS) is 19.7. The molecule has 3 rings (SSSR count). The average molecular weight is 418 g/mol. The molecule has 8 heteroatoms. The Balaban J connectivity index is 2.03. The molecule has 2 heterocycles. The van der Waals surface area contributed by atoms with E-state index >= 15 is 0 Å². The van der Waals surface area contributed by atoms with E-state index in [9.17, 15) is 14.7 Å². The Morgan fingerprint density at radius 1 is 1.10 bits per heavy atom. The topological polar surface area (TPSA) is 88.5 Å². The van der Waals surface area contributed by atoms with E-state index < -0.39 is 0 Å². The van der Waals surface area contributed by atoms with Crippen LogP contribution in [0.25, 0.3) is 5.57 Å². The first kappa shape index (κ1) is 22.1. The second-order valence-electron chi connectivity index (χ2n) is 7.54. The summed E-state index contributed by atoms with van der Waals surface area (Å²) in [7, 11) is 4.67. The summed E-state index contributed by atoms with van der Waals surface area (Å²) < 4.78 is 15.8. The molecule has 1 unspecified atom stereocenters. The Hall–Kier alpha value is -2.58. The standard InChI is InChI=1S/C22H30N2O6/c1-28-11-5-10-24-21(26)19(16-7-8-17(29-2)18(12-16)30-3)20(22(24)27)23-9-4-6-15(13-23)14-25/h7-8,12,15,25H,4-6,9-11,13-14H2,1-3H3. The van der Waals surface area contributed by atoms with E-state index in [2.05, 4.69) is 0 Å². The van der Waals surface area contributed by atoms with Crippen molar-refractivity contribution in [2.24, 2.45) is 5.92 Å². The molecule has 164 valence electrons. The number of likely N-dealkylation sites (tertiary alicyclic amines) is 1. The van der Waals surface area contributed by atoms with Gasteiger partial charge in [-0.1, -0.05) is 6.07 Å². The molecule has 30 heavy (non-hydrogen) atoms. The Morgan fingerprint density at radius 2 is 1.87 bits per heavy atom. The lowest BCUT2D eigenvalue weighted by molar-refractivity contribution is -0.137. The fourth-order valence-corrected chi connectivity index (χ4v) is 4.10. The van der Waals surface area contributed by atoms with E-state index in [0.717, 1.165) is 12.8 Å². The van der Waals surface area contributed by atoms with Gasteiger partial charge in [0.15, 0.2) is 11.5 Å². The highest BCUT2D eigenvalue weighted by Gasteiger charge is 2.42. The molecule has 1 N–H and O–H groups in total. The Kier molecular flexibility index (Phi) is 7.33. The van der Waals surface area contributed by atoms with Crippen LogP contribution in [0.4, 0.5) is 0 Å². The maximum absolute atomic E-state index is 13.3. The number of carbonyl (C=O) groups is 2. The first-order valence-corrected chi connectivity index (χ1v) is 10.2. The molecular formula is C22H30N2O6. The van der Waals surface area contributed by atoms with Crippen molar-refractivity contribution in [3.8, 4) is 11.5 Å². The number of nitrogens with zero attached hydrogens (tertiary/aromatic N) is 2. The van der Waals surface area contributed by atoms with Gasteiger partial charge in [0.05, 0.1) is 19.8 Å². The maximum atomic E-state index is 13.3. The van der Waals surface area contributed by atoms with Crippen molar-refractivity contribution >= 4 is 17.4 Å². The highest BCUT2D eigenvalue weighted by Crippen LogP contribution is 2.37. The number of aliphatic hydroxyl groups excluding tert-OH is 1. The molecule has 0 bridgehead atoms. The minimum Gasteiger partial charge on any atom is -0.493 e. The van der Waals surface area contributed by atoms with Gasteiger partial charge in [0.2, 0.25) is 0 Å². The van der Waals surface area contributed by atoms with Gasteiger partial charge in [-0.15, -0.1) is 0 Å². The second kappa shape index (κ2) is 9.95. The van der Waals surface area contributed by atoms with Gasteiger partial charge in [-0.25, -0.2) is 0 Å². The minimum absolute atomic E-state index is 0.0646. The van der Waals surface area contributed by atoms with Gasteiger partial charge in [0.1, 0.15) is 5.70 Å². The molecule has 0 radical (unpaired) electrons. The molecule has 1 aromatic carbocycles. The maximum Gasteiger partial charge on any atom is 0.277 e. The number of rotatable bonds is 9. The van der Waals surface area contributed by atoms with Crippen LogP contribution in [0, 0.1) is 5.92 Å². The van der Waals surface area contributed by atoms with Crippen LogP contribution in [0.1, 0.15) is 24.8 Å². The molecule has 8 nitrogen and oxygen atoms in total. The first-order valence-electron chi connectivity index (χ1n) is 10.2. The fourth-order valence-electron chi connectivity index (χ4n) is 4.10. The summed E-state index contributed by atoms with van der Waals surface area (Å²) in [5, 5.41) is 9.62. The number of hydrogen-bond donors (Lipinski definition) is 1. The molecule has 0 saturated carbocycles. The number of imide groups is 1. The van der Waals surface area contributed by atoms with Crippen LogP contribution in [0.15, 0.2) is 23.9 Å². The number of ether oxygens (including phenoxy) is 3. The summed E-state index contributed by atoms with van der Waals surface area (Å²) in [6, 6.07) is 5.23. The summed E-state index contributed by atoms with van der Waals surface area (Å²) in [6.45, 7) is 2.05. The zero-order valence-corrected chi connectivity index (χ0v) is 17.8. The lowest BCUT2D eigenvalue weighted by Crippen LogP contribution is -2.40. The van der Waals surface area contributed by atoms with E-state index in [1.807, 2.05) is 4.90 Å². The number of benzene rings is 1. The van der Waals surface area contributed by atoms with Crippen LogP contribution in [0.3, 0.4) is 0 Å². The van der Waals surface area contributed by atoms with Gasteiger partial charge in [-0.2, -0.15) is 0 Å². The number of amides is 2. The Morgan fingerprint density at radius 3 is 2.53 bits per heavy atom. The van der Waals surface area contributed by atoms with Crippen molar-refractivity contribution in [3.05, 3.63) is 29.5 Å². The van der Waals surface area contributed by atoms with Crippen molar-refractivity contribution in [3.63, 3.8) is 0 Å². The van der Waals surface area contributed by atoms with E-state index in [4.69, 9.17) is 14.2 Å². The SMILES string of the molecule is COCCCN1C(=O)C(c2ccc(OC)c(OC)c2)=C(N2CCCC(CO)C2)C1=O. The van der Waals surface area contributed by atoms with Gasteiger partial charge < -0.3 is 24.2 Å². The molecule has 1 atom stereocenters. The molecule has 1 saturated heterocycles. The summed E-state index contributed by atoms with van der Waals surface area (Å²) >= 11 is 0. The molecule has 1 aromatic rings. The van der Waals surface area contributed by atoms with Gasteiger partial charge in [-0.05, 0) is 42.9 Å². The summed E-state index contributed by atoms with van der Waals surface area (Å²) in [6.07, 6.45) is 2.34. The number of carbonyl (C=O) groups excluding carboxylic acids is 2. The first-order chi connectivity index (χ1) is 14.5. The average Bonchev–Trinajstić information content (AvgIpc) is 3.03. The zero-order valence-electron chi connectivity index (χ0n) is 17.8. The second-order valence-corrected chi connectivity index (χ2v) is 7.54. The van der Waals surface area contributed by atoms with E-state index in [1.54, 1.807) is 32.4 Å². The lowest BCUT2D eigenvalue weighted by Gasteiger charge is -2.34. The molecule has 0 spiro atoms. The van der Waals surface area contributed by atoms with Gasteiger partial charge in [0, 0.05) is 40.0 Å². The molecular weight excluding hydrogens is 388 g/mol. The predicted molar refractivity (Wildman–Crippen MR) is 111 cm³/mol. The van der Waals surface area contributed by atoms with E-state index in [-0.39, 0.29) is 24.3 Å². The van der Waals surface area contributed by atoms with Crippen molar-refractivity contribution in [2.45, 2.75) is 19.3 Å². The summed E-state index contributed by atoms with van der Waals surface area (Å²) in [4.78, 5) is 29.9. The molecule has 0 aromatic heterocycles. The third-order valence-electron chi connectivity index (χ3n) is 5.64. The lowest BCUT2D eigenvalue weighted by atomic mass is 9.96. The minimum atomic E-state index is -0.315. The van der Waals surface area contributed by atoms with Crippen molar-refractivity contribution < 1.29 is 28.9 Å². The van der Waals surface area contributed by atoms with Crippen molar-refractivity contribution in [1.82, 2.24) is 9.80 Å². The fraction of sp³-hybridized carbons (Fsp3) is 0.545. The smallest absolute Gasteiger partial charge is 0.277 e. The van der Waals surface area contributed by atoms with Crippen LogP contribution in [-0.4, -0.2) is 80.9 Å². The third kappa shape index (κ3) is 4.29. The van der Waals surface area contributed by atoms with E-state index in [0.29, 0.717) is 61.0 Å².